The third-order valence-corrected chi connectivity index (χ3v) is 4.77. The standard InChI is InChI=1S/C15H29NO2.CH2O/c1-15(16-10-4-3-5-11-16)8-6-14(7-9-15)18-13-12-17-2;1-2/h14H,3-13H2,1-2H3;1H2. The Morgan fingerprint density at radius 3 is 2.25 bits per heavy atom. The molecule has 1 heterocycles. The van der Waals surface area contributed by atoms with Crippen LogP contribution in [-0.4, -0.2) is 56.7 Å². The van der Waals surface area contributed by atoms with Gasteiger partial charge in [0.2, 0.25) is 0 Å². The fourth-order valence-electron chi connectivity index (χ4n) is 3.43. The van der Waals surface area contributed by atoms with Crippen molar-refractivity contribution in [1.29, 1.82) is 0 Å². The number of methoxy groups -OCH3 is 1. The molecule has 0 bridgehead atoms. The van der Waals surface area contributed by atoms with Gasteiger partial charge in [-0.3, -0.25) is 4.90 Å². The fourth-order valence-corrected chi connectivity index (χ4v) is 3.43. The van der Waals surface area contributed by atoms with Crippen LogP contribution >= 0.6 is 0 Å². The van der Waals surface area contributed by atoms with E-state index in [-0.39, 0.29) is 0 Å². The minimum atomic E-state index is 0.446. The van der Waals surface area contributed by atoms with Gasteiger partial charge in [-0.1, -0.05) is 6.42 Å². The summed E-state index contributed by atoms with van der Waals surface area (Å²) in [5.74, 6) is 0. The van der Waals surface area contributed by atoms with Gasteiger partial charge in [0.1, 0.15) is 6.79 Å². The highest BCUT2D eigenvalue weighted by molar-refractivity contribution is 5.11. The summed E-state index contributed by atoms with van der Waals surface area (Å²) in [5, 5.41) is 0. The number of carbonyl (C=O) groups is 1. The smallest absolute Gasteiger partial charge is 0.106 e. The van der Waals surface area contributed by atoms with Crippen LogP contribution in [0.1, 0.15) is 51.9 Å². The van der Waals surface area contributed by atoms with E-state index in [1.807, 2.05) is 6.79 Å². The first-order valence-electron chi connectivity index (χ1n) is 7.89. The molecule has 4 heteroatoms. The highest BCUT2D eigenvalue weighted by Gasteiger charge is 2.36. The molecule has 0 radical (unpaired) electrons. The van der Waals surface area contributed by atoms with Crippen LogP contribution < -0.4 is 0 Å². The second-order valence-corrected chi connectivity index (χ2v) is 6.11. The Morgan fingerprint density at radius 1 is 1.10 bits per heavy atom. The van der Waals surface area contributed by atoms with Crippen LogP contribution in [0, 0.1) is 0 Å². The third kappa shape index (κ3) is 5.15. The zero-order chi connectivity index (χ0) is 14.8. The molecule has 118 valence electrons. The summed E-state index contributed by atoms with van der Waals surface area (Å²) in [4.78, 5) is 10.7. The number of hydrogen-bond acceptors (Lipinski definition) is 4. The van der Waals surface area contributed by atoms with Crippen LogP contribution in [0.3, 0.4) is 0 Å². The molecule has 1 aliphatic heterocycles. The molecule has 1 aliphatic carbocycles. The maximum Gasteiger partial charge on any atom is 0.106 e. The predicted molar refractivity (Wildman–Crippen MR) is 81.0 cm³/mol. The van der Waals surface area contributed by atoms with Gasteiger partial charge in [-0.2, -0.15) is 0 Å². The zero-order valence-electron chi connectivity index (χ0n) is 13.2. The van der Waals surface area contributed by atoms with E-state index in [0.717, 1.165) is 13.2 Å². The maximum atomic E-state index is 8.00. The van der Waals surface area contributed by atoms with Crippen molar-refractivity contribution in [2.45, 2.75) is 63.5 Å². The molecule has 20 heavy (non-hydrogen) atoms. The number of nitrogens with zero attached hydrogens (tertiary/aromatic N) is 1. The molecule has 0 aromatic heterocycles. The second-order valence-electron chi connectivity index (χ2n) is 6.11. The van der Waals surface area contributed by atoms with Crippen LogP contribution in [0.2, 0.25) is 0 Å². The summed E-state index contributed by atoms with van der Waals surface area (Å²) in [5.41, 5.74) is 0.446. The molecule has 0 aromatic carbocycles. The van der Waals surface area contributed by atoms with Crippen LogP contribution in [0.25, 0.3) is 0 Å². The first-order valence-corrected chi connectivity index (χ1v) is 7.89. The summed E-state index contributed by atoms with van der Waals surface area (Å²) in [6.07, 6.45) is 9.71. The lowest BCUT2D eigenvalue weighted by Gasteiger charge is -2.47. The molecule has 0 N–H and O–H groups in total. The van der Waals surface area contributed by atoms with E-state index in [0.29, 0.717) is 11.6 Å². The summed E-state index contributed by atoms with van der Waals surface area (Å²) in [6, 6.07) is 0. The van der Waals surface area contributed by atoms with Crippen molar-refractivity contribution in [2.75, 3.05) is 33.4 Å². The van der Waals surface area contributed by atoms with E-state index in [9.17, 15) is 0 Å². The van der Waals surface area contributed by atoms with Crippen molar-refractivity contribution < 1.29 is 14.3 Å². The lowest BCUT2D eigenvalue weighted by Crippen LogP contribution is -2.51. The first kappa shape index (κ1) is 17.6. The Kier molecular flexibility index (Phi) is 8.34. The molecule has 0 spiro atoms. The van der Waals surface area contributed by atoms with Gasteiger partial charge in [0.05, 0.1) is 19.3 Å². The van der Waals surface area contributed by atoms with Crippen molar-refractivity contribution in [1.82, 2.24) is 4.90 Å². The average molecular weight is 285 g/mol. The van der Waals surface area contributed by atoms with Crippen LogP contribution in [-0.2, 0) is 14.3 Å². The first-order chi connectivity index (χ1) is 9.74. The zero-order valence-corrected chi connectivity index (χ0v) is 13.2. The highest BCUT2D eigenvalue weighted by atomic mass is 16.5. The van der Waals surface area contributed by atoms with E-state index < -0.39 is 0 Å². The molecule has 0 atom stereocenters. The Balaban J connectivity index is 0.000000956. The summed E-state index contributed by atoms with van der Waals surface area (Å²) >= 11 is 0. The van der Waals surface area contributed by atoms with Gasteiger partial charge < -0.3 is 14.3 Å². The number of likely N-dealkylation sites (tertiary alicyclic amines) is 1. The molecular weight excluding hydrogens is 254 g/mol. The molecule has 1 saturated heterocycles. The maximum absolute atomic E-state index is 8.00. The van der Waals surface area contributed by atoms with E-state index >= 15 is 0 Å². The van der Waals surface area contributed by atoms with Crippen molar-refractivity contribution >= 4 is 6.79 Å². The quantitative estimate of drug-likeness (QED) is 0.728. The minimum Gasteiger partial charge on any atom is -0.382 e. The van der Waals surface area contributed by atoms with Gasteiger partial charge >= 0.3 is 0 Å². The van der Waals surface area contributed by atoms with Crippen molar-refractivity contribution in [3.8, 4) is 0 Å². The Hall–Kier alpha value is -0.450. The normalized spacial score (nSPS) is 31.4. The van der Waals surface area contributed by atoms with E-state index in [4.69, 9.17) is 14.3 Å². The number of hydrogen-bond donors (Lipinski definition) is 0. The summed E-state index contributed by atoms with van der Waals surface area (Å²) < 4.78 is 10.9. The second kappa shape index (κ2) is 9.48. The molecule has 0 unspecified atom stereocenters. The largest absolute Gasteiger partial charge is 0.382 e. The third-order valence-electron chi connectivity index (χ3n) is 4.77. The topological polar surface area (TPSA) is 38.8 Å². The molecule has 1 saturated carbocycles. The van der Waals surface area contributed by atoms with Gasteiger partial charge in [-0.15, -0.1) is 0 Å². The lowest BCUT2D eigenvalue weighted by molar-refractivity contribution is -0.0979. The van der Waals surface area contributed by atoms with Gasteiger partial charge in [-0.05, 0) is 58.5 Å². The number of piperidine rings is 1. The summed E-state index contributed by atoms with van der Waals surface area (Å²) in [6.45, 7) is 8.56. The molecular formula is C16H31NO3. The van der Waals surface area contributed by atoms with Crippen molar-refractivity contribution in [3.05, 3.63) is 0 Å². The van der Waals surface area contributed by atoms with E-state index in [1.54, 1.807) is 7.11 Å². The number of carbonyl (C=O) groups excluding carboxylic acids is 1. The molecule has 0 amide bonds. The predicted octanol–water partition coefficient (Wildman–Crippen LogP) is 2.65. The molecule has 2 rings (SSSR count). The average Bonchev–Trinajstić information content (AvgIpc) is 2.53. The number of ether oxygens (including phenoxy) is 2. The highest BCUT2D eigenvalue weighted by Crippen LogP contribution is 2.36. The van der Waals surface area contributed by atoms with E-state index in [2.05, 4.69) is 11.8 Å². The van der Waals surface area contributed by atoms with Crippen LogP contribution in [0.5, 0.6) is 0 Å². The van der Waals surface area contributed by atoms with E-state index in [1.165, 1.54) is 58.0 Å². The fraction of sp³-hybridized carbons (Fsp3) is 0.938. The Morgan fingerprint density at radius 2 is 1.70 bits per heavy atom. The molecule has 2 fully saturated rings. The van der Waals surface area contributed by atoms with Gasteiger partial charge in [-0.25, -0.2) is 0 Å². The summed E-state index contributed by atoms with van der Waals surface area (Å²) in [7, 11) is 1.73. The molecule has 4 nitrogen and oxygen atoms in total. The molecule has 2 aliphatic rings. The van der Waals surface area contributed by atoms with Crippen LogP contribution in [0.15, 0.2) is 0 Å². The van der Waals surface area contributed by atoms with Crippen molar-refractivity contribution in [2.24, 2.45) is 0 Å². The SMILES string of the molecule is C=O.COCCOC1CCC(C)(N2CCCCC2)CC1. The monoisotopic (exact) mass is 285 g/mol. The number of rotatable bonds is 5. The lowest BCUT2D eigenvalue weighted by atomic mass is 9.79. The Labute approximate surface area is 123 Å². The van der Waals surface area contributed by atoms with Gasteiger partial charge in [0, 0.05) is 12.6 Å². The van der Waals surface area contributed by atoms with Crippen molar-refractivity contribution in [3.63, 3.8) is 0 Å². The Bertz CT molecular complexity index is 246. The molecule has 0 aromatic rings. The van der Waals surface area contributed by atoms with Crippen LogP contribution in [0.4, 0.5) is 0 Å². The van der Waals surface area contributed by atoms with Gasteiger partial charge in [0.15, 0.2) is 0 Å². The minimum absolute atomic E-state index is 0.446. The van der Waals surface area contributed by atoms with Gasteiger partial charge in [0.25, 0.3) is 0 Å².